The van der Waals surface area contributed by atoms with E-state index in [0.717, 1.165) is 6.54 Å². The molecule has 0 saturated heterocycles. The minimum Gasteiger partial charge on any atom is -0.314 e. The Morgan fingerprint density at radius 3 is 2.32 bits per heavy atom. The average Bonchev–Trinajstić information content (AvgIpc) is 2.45. The first-order valence-electron chi connectivity index (χ1n) is 8.02. The third-order valence-corrected chi connectivity index (χ3v) is 3.88. The largest absolute Gasteiger partial charge is 0.314 e. The third-order valence-electron chi connectivity index (χ3n) is 3.88. The first-order valence-corrected chi connectivity index (χ1v) is 8.02. The molecule has 0 spiro atoms. The van der Waals surface area contributed by atoms with Gasteiger partial charge in [0, 0.05) is 12.6 Å². The van der Waals surface area contributed by atoms with E-state index < -0.39 is 0 Å². The van der Waals surface area contributed by atoms with Crippen LogP contribution in [0.2, 0.25) is 0 Å². The fraction of sp³-hybridized carbons (Fsp3) is 0.667. The van der Waals surface area contributed by atoms with Crippen LogP contribution in [0.3, 0.4) is 0 Å². The van der Waals surface area contributed by atoms with E-state index in [1.165, 1.54) is 44.1 Å². The Morgan fingerprint density at radius 2 is 1.63 bits per heavy atom. The molecule has 108 valence electrons. The summed E-state index contributed by atoms with van der Waals surface area (Å²) in [6.45, 7) is 7.98. The minimum atomic E-state index is 0.601. The quantitative estimate of drug-likeness (QED) is 0.576. The first-order chi connectivity index (χ1) is 9.24. The van der Waals surface area contributed by atoms with E-state index in [2.05, 4.69) is 56.4 Å². The van der Waals surface area contributed by atoms with E-state index >= 15 is 0 Å². The number of unbranched alkanes of at least 4 members (excludes halogenated alkanes) is 4. The molecule has 1 heteroatoms. The molecule has 1 nitrogen and oxygen atoms in total. The summed E-state index contributed by atoms with van der Waals surface area (Å²) in [7, 11) is 0. The van der Waals surface area contributed by atoms with Crippen molar-refractivity contribution in [2.45, 2.75) is 71.3 Å². The van der Waals surface area contributed by atoms with Gasteiger partial charge in [0.05, 0.1) is 0 Å². The molecule has 0 bridgehead atoms. The van der Waals surface area contributed by atoms with Gasteiger partial charge in [0.2, 0.25) is 0 Å². The summed E-state index contributed by atoms with van der Waals surface area (Å²) >= 11 is 0. The lowest BCUT2D eigenvalue weighted by molar-refractivity contribution is 0.466. The van der Waals surface area contributed by atoms with E-state index in [1.54, 1.807) is 0 Å². The molecule has 0 amide bonds. The van der Waals surface area contributed by atoms with Crippen LogP contribution in [0.1, 0.15) is 70.8 Å². The Bertz CT molecular complexity index is 307. The standard InChI is InChI=1S/C18H31N/c1-4-5-6-7-9-12-17(3)19-15-16(2)18-13-10-8-11-14-18/h8,10-11,13-14,16-17,19H,4-7,9,12,15H2,1-3H3. The van der Waals surface area contributed by atoms with Crippen molar-refractivity contribution in [1.82, 2.24) is 5.32 Å². The predicted molar refractivity (Wildman–Crippen MR) is 85.7 cm³/mol. The van der Waals surface area contributed by atoms with Gasteiger partial charge in [0.15, 0.2) is 0 Å². The molecular weight excluding hydrogens is 230 g/mol. The third kappa shape index (κ3) is 7.37. The predicted octanol–water partition coefficient (Wildman–Crippen LogP) is 5.13. The molecule has 0 aliphatic heterocycles. The highest BCUT2D eigenvalue weighted by molar-refractivity contribution is 5.18. The van der Waals surface area contributed by atoms with E-state index in [1.807, 2.05) is 0 Å². The SMILES string of the molecule is CCCCCCCC(C)NCC(C)c1ccccc1. The molecule has 0 fully saturated rings. The second-order valence-corrected chi connectivity index (χ2v) is 5.82. The molecule has 1 aromatic carbocycles. The van der Waals surface area contributed by atoms with Crippen LogP contribution >= 0.6 is 0 Å². The van der Waals surface area contributed by atoms with Crippen LogP contribution in [0.5, 0.6) is 0 Å². The molecule has 1 aromatic rings. The van der Waals surface area contributed by atoms with E-state index in [0.29, 0.717) is 12.0 Å². The summed E-state index contributed by atoms with van der Waals surface area (Å²) in [4.78, 5) is 0. The highest BCUT2D eigenvalue weighted by Crippen LogP contribution is 2.14. The van der Waals surface area contributed by atoms with Crippen molar-refractivity contribution in [2.75, 3.05) is 6.54 Å². The highest BCUT2D eigenvalue weighted by Gasteiger charge is 2.07. The maximum absolute atomic E-state index is 3.67. The molecular formula is C18H31N. The average molecular weight is 261 g/mol. The molecule has 0 saturated carbocycles. The summed E-state index contributed by atoms with van der Waals surface area (Å²) in [6, 6.07) is 11.4. The van der Waals surface area contributed by atoms with Crippen LogP contribution in [-0.2, 0) is 0 Å². The smallest absolute Gasteiger partial charge is 0.00389 e. The van der Waals surface area contributed by atoms with Gasteiger partial charge in [0.1, 0.15) is 0 Å². The van der Waals surface area contributed by atoms with Crippen molar-refractivity contribution in [1.29, 1.82) is 0 Å². The Hall–Kier alpha value is -0.820. The zero-order chi connectivity index (χ0) is 13.9. The number of benzene rings is 1. The van der Waals surface area contributed by atoms with Crippen LogP contribution in [0, 0.1) is 0 Å². The van der Waals surface area contributed by atoms with Crippen molar-refractivity contribution < 1.29 is 0 Å². The maximum atomic E-state index is 3.67. The van der Waals surface area contributed by atoms with E-state index in [4.69, 9.17) is 0 Å². The topological polar surface area (TPSA) is 12.0 Å². The number of rotatable bonds is 10. The van der Waals surface area contributed by atoms with E-state index in [-0.39, 0.29) is 0 Å². The maximum Gasteiger partial charge on any atom is 0.00389 e. The molecule has 2 atom stereocenters. The van der Waals surface area contributed by atoms with Gasteiger partial charge >= 0.3 is 0 Å². The number of hydrogen-bond acceptors (Lipinski definition) is 1. The fourth-order valence-corrected chi connectivity index (χ4v) is 2.43. The van der Waals surface area contributed by atoms with Crippen LogP contribution in [0.25, 0.3) is 0 Å². The second kappa shape index (κ2) is 10.0. The van der Waals surface area contributed by atoms with Crippen LogP contribution < -0.4 is 5.32 Å². The summed E-state index contributed by atoms with van der Waals surface area (Å²) in [5, 5.41) is 3.67. The van der Waals surface area contributed by atoms with Gasteiger partial charge in [-0.05, 0) is 24.8 Å². The molecule has 0 aliphatic carbocycles. The number of hydrogen-bond donors (Lipinski definition) is 1. The first kappa shape index (κ1) is 16.2. The molecule has 19 heavy (non-hydrogen) atoms. The number of nitrogens with one attached hydrogen (secondary N) is 1. The van der Waals surface area contributed by atoms with Gasteiger partial charge in [-0.15, -0.1) is 0 Å². The Labute approximate surface area is 119 Å². The molecule has 2 unspecified atom stereocenters. The molecule has 1 rings (SSSR count). The molecule has 0 aliphatic rings. The van der Waals surface area contributed by atoms with Gasteiger partial charge in [-0.1, -0.05) is 76.3 Å². The molecule has 0 aromatic heterocycles. The summed E-state index contributed by atoms with van der Waals surface area (Å²) < 4.78 is 0. The van der Waals surface area contributed by atoms with Gasteiger partial charge in [-0.3, -0.25) is 0 Å². The molecule has 0 radical (unpaired) electrons. The lowest BCUT2D eigenvalue weighted by Gasteiger charge is -2.18. The zero-order valence-corrected chi connectivity index (χ0v) is 13.0. The molecule has 1 N–H and O–H groups in total. The summed E-state index contributed by atoms with van der Waals surface area (Å²) in [6.07, 6.45) is 8.21. The van der Waals surface area contributed by atoms with Crippen molar-refractivity contribution in [2.24, 2.45) is 0 Å². The summed E-state index contributed by atoms with van der Waals surface area (Å²) in [5.41, 5.74) is 1.44. The Kier molecular flexibility index (Phi) is 8.57. The van der Waals surface area contributed by atoms with Crippen molar-refractivity contribution in [3.05, 3.63) is 35.9 Å². The zero-order valence-electron chi connectivity index (χ0n) is 13.0. The fourth-order valence-electron chi connectivity index (χ4n) is 2.43. The van der Waals surface area contributed by atoms with Gasteiger partial charge in [0.25, 0.3) is 0 Å². The Balaban J connectivity index is 2.11. The molecule has 0 heterocycles. The van der Waals surface area contributed by atoms with Crippen molar-refractivity contribution in [3.63, 3.8) is 0 Å². The highest BCUT2D eigenvalue weighted by atomic mass is 14.9. The van der Waals surface area contributed by atoms with Gasteiger partial charge < -0.3 is 5.32 Å². The van der Waals surface area contributed by atoms with Crippen molar-refractivity contribution >= 4 is 0 Å². The lowest BCUT2D eigenvalue weighted by atomic mass is 10.0. The minimum absolute atomic E-state index is 0.601. The lowest BCUT2D eigenvalue weighted by Crippen LogP contribution is -2.29. The van der Waals surface area contributed by atoms with Crippen LogP contribution in [0.4, 0.5) is 0 Å². The van der Waals surface area contributed by atoms with Gasteiger partial charge in [-0.2, -0.15) is 0 Å². The van der Waals surface area contributed by atoms with Crippen molar-refractivity contribution in [3.8, 4) is 0 Å². The normalized spacial score (nSPS) is 14.3. The van der Waals surface area contributed by atoms with Gasteiger partial charge in [-0.25, -0.2) is 0 Å². The van der Waals surface area contributed by atoms with Crippen LogP contribution in [0.15, 0.2) is 30.3 Å². The monoisotopic (exact) mass is 261 g/mol. The second-order valence-electron chi connectivity index (χ2n) is 5.82. The van der Waals surface area contributed by atoms with Crippen LogP contribution in [-0.4, -0.2) is 12.6 Å². The Morgan fingerprint density at radius 1 is 0.947 bits per heavy atom. The van der Waals surface area contributed by atoms with E-state index in [9.17, 15) is 0 Å². The summed E-state index contributed by atoms with van der Waals surface area (Å²) in [5.74, 6) is 0.601.